The minimum absolute atomic E-state index is 0.0113. The lowest BCUT2D eigenvalue weighted by Crippen LogP contribution is -2.32. The lowest BCUT2D eigenvalue weighted by atomic mass is 10.4. The summed E-state index contributed by atoms with van der Waals surface area (Å²) in [5, 5.41) is 7.06. The molecule has 1 aromatic heterocycles. The molecule has 1 rings (SSSR count). The van der Waals surface area contributed by atoms with Gasteiger partial charge in [0.2, 0.25) is 5.91 Å². The van der Waals surface area contributed by atoms with Crippen molar-refractivity contribution < 1.29 is 4.79 Å². The molecule has 0 aliphatic carbocycles. The lowest BCUT2D eigenvalue weighted by Gasteiger charge is -2.19. The van der Waals surface area contributed by atoms with E-state index in [0.29, 0.717) is 13.1 Å². The van der Waals surface area contributed by atoms with Crippen LogP contribution >= 0.6 is 39.0 Å². The molecule has 0 spiro atoms. The summed E-state index contributed by atoms with van der Waals surface area (Å²) in [5.41, 5.74) is 5.21. The first kappa shape index (κ1) is 14.5. The molecule has 3 N–H and O–H groups in total. The largest absolute Gasteiger partial charge is 0.379 e. The van der Waals surface area contributed by atoms with E-state index in [1.54, 1.807) is 16.2 Å². The number of nitrogens with two attached hydrogens (primary N) is 1. The van der Waals surface area contributed by atoms with Crippen LogP contribution < -0.4 is 5.73 Å². The van der Waals surface area contributed by atoms with Crippen molar-refractivity contribution >= 4 is 50.1 Å². The Bertz CT molecular complexity index is 408. The maximum absolute atomic E-state index is 11.8. The van der Waals surface area contributed by atoms with Gasteiger partial charge in [0.05, 0.1) is 16.1 Å². The second-order valence-electron chi connectivity index (χ2n) is 3.27. The first-order valence-electron chi connectivity index (χ1n) is 5.01. The zero-order chi connectivity index (χ0) is 12.8. The minimum Gasteiger partial charge on any atom is -0.379 e. The van der Waals surface area contributed by atoms with Crippen LogP contribution in [0.25, 0.3) is 0 Å². The molecule has 0 fully saturated rings. The molecule has 0 saturated carbocycles. The number of carbonyl (C=O) groups is 1. The number of hydrogen-bond acceptors (Lipinski definition) is 4. The number of amidine groups is 1. The predicted molar refractivity (Wildman–Crippen MR) is 77.5 cm³/mol. The Labute approximate surface area is 117 Å². The van der Waals surface area contributed by atoms with Gasteiger partial charge < -0.3 is 10.6 Å². The summed E-state index contributed by atoms with van der Waals surface area (Å²) < 4.78 is 1.06. The van der Waals surface area contributed by atoms with Gasteiger partial charge in [-0.3, -0.25) is 10.2 Å². The van der Waals surface area contributed by atoms with E-state index in [-0.39, 0.29) is 16.8 Å². The zero-order valence-electron chi connectivity index (χ0n) is 9.40. The van der Waals surface area contributed by atoms with Crippen molar-refractivity contribution in [1.29, 1.82) is 5.41 Å². The Kier molecular flexibility index (Phi) is 6.01. The van der Waals surface area contributed by atoms with E-state index in [1.165, 1.54) is 0 Å². The highest BCUT2D eigenvalue weighted by atomic mass is 79.9. The molecule has 1 amide bonds. The third kappa shape index (κ3) is 5.10. The Morgan fingerprint density at radius 2 is 2.35 bits per heavy atom. The third-order valence-electron chi connectivity index (χ3n) is 2.06. The van der Waals surface area contributed by atoms with E-state index >= 15 is 0 Å². The van der Waals surface area contributed by atoms with E-state index in [2.05, 4.69) is 15.9 Å². The van der Waals surface area contributed by atoms with E-state index in [0.717, 1.165) is 20.4 Å². The van der Waals surface area contributed by atoms with Gasteiger partial charge in [0, 0.05) is 11.4 Å². The second-order valence-corrected chi connectivity index (χ2v) is 6.83. The normalized spacial score (nSPS) is 10.2. The number of hydrogen-bond donors (Lipinski definition) is 2. The SMILES string of the molecule is CCN(Cc1ccc(Br)s1)C(=O)CSC(=N)N. The molecule has 0 radical (unpaired) electrons. The molecule has 94 valence electrons. The van der Waals surface area contributed by atoms with Crippen molar-refractivity contribution in [2.75, 3.05) is 12.3 Å². The van der Waals surface area contributed by atoms with Crippen LogP contribution in [0.2, 0.25) is 0 Å². The minimum atomic E-state index is -0.0201. The molecule has 1 aromatic rings. The average Bonchev–Trinajstić information content (AvgIpc) is 2.68. The molecule has 0 bridgehead atoms. The van der Waals surface area contributed by atoms with Crippen molar-refractivity contribution in [3.8, 4) is 0 Å². The molecule has 0 aliphatic heterocycles. The number of thioether (sulfide) groups is 1. The predicted octanol–water partition coefficient (Wildman–Crippen LogP) is 2.49. The van der Waals surface area contributed by atoms with Gasteiger partial charge in [0.15, 0.2) is 5.17 Å². The van der Waals surface area contributed by atoms with E-state index in [9.17, 15) is 4.79 Å². The highest BCUT2D eigenvalue weighted by Gasteiger charge is 2.13. The number of thiophene rings is 1. The van der Waals surface area contributed by atoms with Crippen LogP contribution in [0.5, 0.6) is 0 Å². The number of halogens is 1. The first-order valence-corrected chi connectivity index (χ1v) is 7.61. The van der Waals surface area contributed by atoms with Crippen LogP contribution in [0, 0.1) is 5.41 Å². The number of rotatable bonds is 5. The van der Waals surface area contributed by atoms with E-state index in [4.69, 9.17) is 11.1 Å². The molecule has 0 saturated heterocycles. The monoisotopic (exact) mass is 335 g/mol. The van der Waals surface area contributed by atoms with Gasteiger partial charge in [0.25, 0.3) is 0 Å². The fourth-order valence-electron chi connectivity index (χ4n) is 1.23. The quantitative estimate of drug-likeness (QED) is 0.641. The fourth-order valence-corrected chi connectivity index (χ4v) is 3.19. The zero-order valence-corrected chi connectivity index (χ0v) is 12.6. The number of nitrogens with zero attached hydrogens (tertiary/aromatic N) is 1. The van der Waals surface area contributed by atoms with E-state index < -0.39 is 0 Å². The molecule has 17 heavy (non-hydrogen) atoms. The molecular weight excluding hydrogens is 322 g/mol. The van der Waals surface area contributed by atoms with E-state index in [1.807, 2.05) is 19.1 Å². The first-order chi connectivity index (χ1) is 8.02. The van der Waals surface area contributed by atoms with Gasteiger partial charge in [-0.2, -0.15) is 0 Å². The van der Waals surface area contributed by atoms with Crippen LogP contribution in [0.15, 0.2) is 15.9 Å². The number of amides is 1. The maximum atomic E-state index is 11.8. The van der Waals surface area contributed by atoms with Gasteiger partial charge >= 0.3 is 0 Å². The fraction of sp³-hybridized carbons (Fsp3) is 0.400. The van der Waals surface area contributed by atoms with Gasteiger partial charge in [-0.25, -0.2) is 0 Å². The maximum Gasteiger partial charge on any atom is 0.233 e. The Hall–Kier alpha value is -0.530. The Balaban J connectivity index is 2.53. The summed E-state index contributed by atoms with van der Waals surface area (Å²) in [6.45, 7) is 3.22. The average molecular weight is 336 g/mol. The molecule has 0 atom stereocenters. The van der Waals surface area contributed by atoms with Crippen molar-refractivity contribution in [3.63, 3.8) is 0 Å². The highest BCUT2D eigenvalue weighted by Crippen LogP contribution is 2.23. The van der Waals surface area contributed by atoms with Crippen molar-refractivity contribution in [3.05, 3.63) is 20.8 Å². The summed E-state index contributed by atoms with van der Waals surface area (Å²) >= 11 is 6.08. The van der Waals surface area contributed by atoms with Gasteiger partial charge in [-0.15, -0.1) is 11.3 Å². The highest BCUT2D eigenvalue weighted by molar-refractivity contribution is 9.11. The number of nitrogens with one attached hydrogen (secondary N) is 1. The number of carbonyl (C=O) groups excluding carboxylic acids is 1. The van der Waals surface area contributed by atoms with Crippen LogP contribution in [0.1, 0.15) is 11.8 Å². The van der Waals surface area contributed by atoms with Gasteiger partial charge in [-0.1, -0.05) is 11.8 Å². The summed E-state index contributed by atoms with van der Waals surface area (Å²) in [5.74, 6) is 0.243. The molecular formula is C10H14BrN3OS2. The Morgan fingerprint density at radius 1 is 1.65 bits per heavy atom. The summed E-state index contributed by atoms with van der Waals surface area (Å²) in [6, 6.07) is 3.98. The lowest BCUT2D eigenvalue weighted by molar-refractivity contribution is -0.128. The van der Waals surface area contributed by atoms with Crippen LogP contribution in [-0.2, 0) is 11.3 Å². The van der Waals surface area contributed by atoms with Crippen LogP contribution in [-0.4, -0.2) is 28.3 Å². The van der Waals surface area contributed by atoms with Gasteiger partial charge in [-0.05, 0) is 35.0 Å². The molecule has 0 aliphatic rings. The van der Waals surface area contributed by atoms with Gasteiger partial charge in [0.1, 0.15) is 0 Å². The molecule has 7 heteroatoms. The Morgan fingerprint density at radius 3 is 2.82 bits per heavy atom. The smallest absolute Gasteiger partial charge is 0.233 e. The molecule has 0 aromatic carbocycles. The van der Waals surface area contributed by atoms with Crippen molar-refractivity contribution in [1.82, 2.24) is 4.90 Å². The summed E-state index contributed by atoms with van der Waals surface area (Å²) in [4.78, 5) is 14.7. The third-order valence-corrected chi connectivity index (χ3v) is 4.37. The van der Waals surface area contributed by atoms with Crippen molar-refractivity contribution in [2.45, 2.75) is 13.5 Å². The van der Waals surface area contributed by atoms with Crippen LogP contribution in [0.3, 0.4) is 0 Å². The summed E-state index contributed by atoms with van der Waals surface area (Å²) in [7, 11) is 0. The summed E-state index contributed by atoms with van der Waals surface area (Å²) in [6.07, 6.45) is 0. The topological polar surface area (TPSA) is 70.2 Å². The molecule has 0 unspecified atom stereocenters. The van der Waals surface area contributed by atoms with Crippen molar-refractivity contribution in [2.24, 2.45) is 5.73 Å². The molecule has 4 nitrogen and oxygen atoms in total. The second kappa shape index (κ2) is 7.03. The molecule has 1 heterocycles. The standard InChI is InChI=1S/C10H14BrN3OS2/c1-2-14(9(15)6-16-10(12)13)5-7-3-4-8(11)17-7/h3-4H,2,5-6H2,1H3,(H3,12,13). The van der Waals surface area contributed by atoms with Crippen LogP contribution in [0.4, 0.5) is 0 Å².